The zero-order valence-corrected chi connectivity index (χ0v) is 12.5. The molecule has 0 saturated heterocycles. The molecule has 1 unspecified atom stereocenters. The van der Waals surface area contributed by atoms with Crippen LogP contribution in [0, 0.1) is 11.3 Å². The van der Waals surface area contributed by atoms with Gasteiger partial charge in [0.25, 0.3) is 0 Å². The van der Waals surface area contributed by atoms with Crippen molar-refractivity contribution in [1.29, 1.82) is 5.26 Å². The molecule has 0 aliphatic rings. The fourth-order valence-corrected chi connectivity index (χ4v) is 4.10. The molecule has 1 heterocycles. The van der Waals surface area contributed by atoms with Crippen molar-refractivity contribution < 1.29 is 8.42 Å². The highest BCUT2D eigenvalue weighted by molar-refractivity contribution is 7.89. The summed E-state index contributed by atoms with van der Waals surface area (Å²) in [6.45, 7) is 1.93. The lowest BCUT2D eigenvalue weighted by molar-refractivity contribution is 0.553. The van der Waals surface area contributed by atoms with E-state index < -0.39 is 10.0 Å². The largest absolute Gasteiger partial charge is 0.241 e. The van der Waals surface area contributed by atoms with Crippen LogP contribution in [0.2, 0.25) is 0 Å². The number of benzene rings is 1. The Morgan fingerprint density at radius 1 is 1.35 bits per heavy atom. The fraction of sp³-hybridized carbons (Fsp3) is 0.214. The Morgan fingerprint density at radius 2 is 2.15 bits per heavy atom. The highest BCUT2D eigenvalue weighted by Gasteiger charge is 2.21. The topological polar surface area (TPSA) is 70.0 Å². The predicted molar refractivity (Wildman–Crippen MR) is 78.8 cm³/mol. The zero-order valence-electron chi connectivity index (χ0n) is 10.9. The summed E-state index contributed by atoms with van der Waals surface area (Å²) < 4.78 is 27.4. The SMILES string of the molecule is CCC(NS(=O)(=O)c1cccc(C#N)c1)c1cccs1. The summed E-state index contributed by atoms with van der Waals surface area (Å²) in [5.74, 6) is 0. The number of nitriles is 1. The third-order valence-corrected chi connectivity index (χ3v) is 5.32. The Balaban J connectivity index is 2.28. The van der Waals surface area contributed by atoms with E-state index in [-0.39, 0.29) is 10.9 Å². The highest BCUT2D eigenvalue weighted by Crippen LogP contribution is 2.24. The molecule has 104 valence electrons. The summed E-state index contributed by atoms with van der Waals surface area (Å²) in [5.41, 5.74) is 0.331. The first-order valence-electron chi connectivity index (χ1n) is 6.12. The number of nitrogens with zero attached hydrogens (tertiary/aromatic N) is 1. The smallest absolute Gasteiger partial charge is 0.207 e. The van der Waals surface area contributed by atoms with Crippen LogP contribution >= 0.6 is 11.3 Å². The molecule has 2 aromatic rings. The van der Waals surface area contributed by atoms with E-state index in [1.54, 1.807) is 12.1 Å². The van der Waals surface area contributed by atoms with Crippen LogP contribution in [0.25, 0.3) is 0 Å². The van der Waals surface area contributed by atoms with Gasteiger partial charge in [-0.15, -0.1) is 11.3 Å². The first-order chi connectivity index (χ1) is 9.56. The molecule has 1 N–H and O–H groups in total. The molecule has 1 aromatic carbocycles. The number of sulfonamides is 1. The van der Waals surface area contributed by atoms with E-state index in [9.17, 15) is 8.42 Å². The van der Waals surface area contributed by atoms with E-state index in [4.69, 9.17) is 5.26 Å². The maximum absolute atomic E-state index is 12.3. The molecule has 6 heteroatoms. The summed E-state index contributed by atoms with van der Waals surface area (Å²) in [4.78, 5) is 1.10. The maximum Gasteiger partial charge on any atom is 0.241 e. The Morgan fingerprint density at radius 3 is 2.75 bits per heavy atom. The van der Waals surface area contributed by atoms with Crippen molar-refractivity contribution in [3.05, 3.63) is 52.2 Å². The van der Waals surface area contributed by atoms with E-state index in [0.29, 0.717) is 12.0 Å². The van der Waals surface area contributed by atoms with Crippen molar-refractivity contribution >= 4 is 21.4 Å². The van der Waals surface area contributed by atoms with Gasteiger partial charge in [-0.2, -0.15) is 5.26 Å². The molecule has 1 aromatic heterocycles. The second-order valence-corrected chi connectivity index (χ2v) is 6.93. The Kier molecular flexibility index (Phi) is 4.55. The highest BCUT2D eigenvalue weighted by atomic mass is 32.2. The van der Waals surface area contributed by atoms with Crippen molar-refractivity contribution in [2.24, 2.45) is 0 Å². The molecule has 1 atom stereocenters. The molecule has 0 saturated carbocycles. The lowest BCUT2D eigenvalue weighted by Gasteiger charge is -2.15. The van der Waals surface area contributed by atoms with Crippen LogP contribution in [0.5, 0.6) is 0 Å². The summed E-state index contributed by atoms with van der Waals surface area (Å²) in [5, 5.41) is 10.8. The quantitative estimate of drug-likeness (QED) is 0.923. The fourth-order valence-electron chi connectivity index (χ4n) is 1.82. The summed E-state index contributed by atoms with van der Waals surface area (Å²) in [6.07, 6.45) is 0.664. The van der Waals surface area contributed by atoms with Gasteiger partial charge in [0, 0.05) is 4.88 Å². The summed E-state index contributed by atoms with van der Waals surface area (Å²) in [7, 11) is -3.62. The molecule has 0 aliphatic carbocycles. The standard InChI is InChI=1S/C14H14N2O2S2/c1-2-13(14-7-4-8-19-14)16-20(17,18)12-6-3-5-11(9-12)10-15/h3-9,13,16H,2H2,1H3. The molecule has 0 bridgehead atoms. The molecule has 0 fully saturated rings. The number of rotatable bonds is 5. The minimum atomic E-state index is -3.62. The van der Waals surface area contributed by atoms with Crippen molar-refractivity contribution in [3.8, 4) is 6.07 Å². The third-order valence-electron chi connectivity index (χ3n) is 2.87. The maximum atomic E-state index is 12.3. The first kappa shape index (κ1) is 14.7. The predicted octanol–water partition coefficient (Wildman–Crippen LogP) is 3.05. The second kappa shape index (κ2) is 6.18. The summed E-state index contributed by atoms with van der Waals surface area (Å²) in [6, 6.07) is 11.5. The van der Waals surface area contributed by atoms with Crippen LogP contribution in [0.4, 0.5) is 0 Å². The van der Waals surface area contributed by atoms with E-state index in [1.807, 2.05) is 30.5 Å². The van der Waals surface area contributed by atoms with E-state index in [1.165, 1.54) is 23.5 Å². The first-order valence-corrected chi connectivity index (χ1v) is 8.49. The van der Waals surface area contributed by atoms with Crippen molar-refractivity contribution in [1.82, 2.24) is 4.72 Å². The number of thiophene rings is 1. The molecule has 0 aliphatic heterocycles. The van der Waals surface area contributed by atoms with Gasteiger partial charge in [0.2, 0.25) is 10.0 Å². The molecule has 0 amide bonds. The van der Waals surface area contributed by atoms with Gasteiger partial charge in [0.1, 0.15) is 0 Å². The van der Waals surface area contributed by atoms with E-state index in [0.717, 1.165) is 4.88 Å². The molecule has 2 rings (SSSR count). The van der Waals surface area contributed by atoms with Crippen LogP contribution in [0.1, 0.15) is 29.8 Å². The number of nitrogens with one attached hydrogen (secondary N) is 1. The minimum Gasteiger partial charge on any atom is -0.207 e. The van der Waals surface area contributed by atoms with Crippen molar-refractivity contribution in [2.45, 2.75) is 24.3 Å². The minimum absolute atomic E-state index is 0.117. The number of hydrogen-bond donors (Lipinski definition) is 1. The number of hydrogen-bond acceptors (Lipinski definition) is 4. The summed E-state index contributed by atoms with van der Waals surface area (Å²) >= 11 is 1.52. The third kappa shape index (κ3) is 3.25. The van der Waals surface area contributed by atoms with Gasteiger partial charge in [0.15, 0.2) is 0 Å². The molecule has 0 spiro atoms. The van der Waals surface area contributed by atoms with E-state index in [2.05, 4.69) is 4.72 Å². The second-order valence-electron chi connectivity index (χ2n) is 4.24. The van der Waals surface area contributed by atoms with Crippen LogP contribution in [-0.4, -0.2) is 8.42 Å². The normalized spacial score (nSPS) is 12.8. The van der Waals surface area contributed by atoms with E-state index >= 15 is 0 Å². The van der Waals surface area contributed by atoms with Gasteiger partial charge in [-0.3, -0.25) is 0 Å². The molecular formula is C14H14N2O2S2. The van der Waals surface area contributed by atoms with Gasteiger partial charge < -0.3 is 0 Å². The van der Waals surface area contributed by atoms with Crippen molar-refractivity contribution in [3.63, 3.8) is 0 Å². The van der Waals surface area contributed by atoms with Crippen LogP contribution in [0.3, 0.4) is 0 Å². The average Bonchev–Trinajstić information content (AvgIpc) is 2.99. The van der Waals surface area contributed by atoms with Crippen LogP contribution < -0.4 is 4.72 Å². The Bertz CT molecular complexity index is 716. The lowest BCUT2D eigenvalue weighted by Crippen LogP contribution is -2.27. The van der Waals surface area contributed by atoms with Gasteiger partial charge in [-0.05, 0) is 36.1 Å². The average molecular weight is 306 g/mol. The molecule has 0 radical (unpaired) electrons. The lowest BCUT2D eigenvalue weighted by atomic mass is 10.2. The van der Waals surface area contributed by atoms with Gasteiger partial charge in [-0.1, -0.05) is 19.1 Å². The molecule has 20 heavy (non-hydrogen) atoms. The van der Waals surface area contributed by atoms with Crippen LogP contribution in [-0.2, 0) is 10.0 Å². The van der Waals surface area contributed by atoms with Crippen LogP contribution in [0.15, 0.2) is 46.7 Å². The Hall–Kier alpha value is -1.68. The van der Waals surface area contributed by atoms with Gasteiger partial charge in [0.05, 0.1) is 22.6 Å². The van der Waals surface area contributed by atoms with Crippen molar-refractivity contribution in [2.75, 3.05) is 0 Å². The van der Waals surface area contributed by atoms with Gasteiger partial charge >= 0.3 is 0 Å². The monoisotopic (exact) mass is 306 g/mol. The van der Waals surface area contributed by atoms with Gasteiger partial charge in [-0.25, -0.2) is 13.1 Å². The molecule has 4 nitrogen and oxygen atoms in total. The molecular weight excluding hydrogens is 292 g/mol. The zero-order chi connectivity index (χ0) is 14.6. The Labute approximate surface area is 122 Å².